The van der Waals surface area contributed by atoms with Crippen LogP contribution in [0.3, 0.4) is 0 Å². The normalized spacial score (nSPS) is 16.1. The molecule has 0 aliphatic carbocycles. The van der Waals surface area contributed by atoms with Crippen LogP contribution in [0.2, 0.25) is 0 Å². The number of hydrogen-bond acceptors (Lipinski definition) is 4. The summed E-state index contributed by atoms with van der Waals surface area (Å²) >= 11 is 0. The molecule has 2 rings (SSSR count). The van der Waals surface area contributed by atoms with Crippen molar-refractivity contribution in [2.45, 2.75) is 19.8 Å². The average molecular weight is 263 g/mol. The zero-order valence-corrected chi connectivity index (χ0v) is 11.3. The van der Waals surface area contributed by atoms with Crippen molar-refractivity contribution in [1.29, 1.82) is 0 Å². The van der Waals surface area contributed by atoms with Crippen molar-refractivity contribution in [3.8, 4) is 0 Å². The van der Waals surface area contributed by atoms with Gasteiger partial charge in [-0.15, -0.1) is 0 Å². The van der Waals surface area contributed by atoms with Crippen LogP contribution in [-0.4, -0.2) is 37.2 Å². The van der Waals surface area contributed by atoms with Crippen LogP contribution in [0.1, 0.15) is 30.1 Å². The van der Waals surface area contributed by atoms with Gasteiger partial charge >= 0.3 is 0 Å². The van der Waals surface area contributed by atoms with E-state index in [1.165, 1.54) is 0 Å². The van der Waals surface area contributed by atoms with Crippen LogP contribution in [0.15, 0.2) is 18.3 Å². The summed E-state index contributed by atoms with van der Waals surface area (Å²) in [6.45, 7) is 5.16. The van der Waals surface area contributed by atoms with E-state index >= 15 is 0 Å². The number of pyridine rings is 1. The summed E-state index contributed by atoms with van der Waals surface area (Å²) in [4.78, 5) is 16.1. The zero-order valence-electron chi connectivity index (χ0n) is 11.3. The minimum atomic E-state index is -0.0537. The van der Waals surface area contributed by atoms with Crippen LogP contribution in [0, 0.1) is 5.92 Å². The van der Waals surface area contributed by atoms with Gasteiger partial charge in [0.1, 0.15) is 5.82 Å². The van der Waals surface area contributed by atoms with Crippen molar-refractivity contribution in [2.24, 2.45) is 5.92 Å². The molecule has 0 aromatic carbocycles. The lowest BCUT2D eigenvalue weighted by atomic mass is 10.0. The third-order valence-electron chi connectivity index (χ3n) is 3.28. The maximum Gasteiger partial charge on any atom is 0.252 e. The van der Waals surface area contributed by atoms with Crippen molar-refractivity contribution < 1.29 is 9.53 Å². The lowest BCUT2D eigenvalue weighted by Crippen LogP contribution is -2.32. The Morgan fingerprint density at radius 3 is 2.84 bits per heavy atom. The van der Waals surface area contributed by atoms with Gasteiger partial charge in [-0.3, -0.25) is 4.79 Å². The van der Waals surface area contributed by atoms with Crippen LogP contribution in [0.4, 0.5) is 5.82 Å². The first-order valence-electron chi connectivity index (χ1n) is 6.85. The zero-order chi connectivity index (χ0) is 13.5. The van der Waals surface area contributed by atoms with E-state index < -0.39 is 0 Å². The highest BCUT2D eigenvalue weighted by Gasteiger charge is 2.15. The van der Waals surface area contributed by atoms with Gasteiger partial charge in [0.25, 0.3) is 5.91 Å². The van der Waals surface area contributed by atoms with E-state index in [0.29, 0.717) is 11.5 Å². The molecule has 0 spiro atoms. The lowest BCUT2D eigenvalue weighted by molar-refractivity contribution is 0.0642. The van der Waals surface area contributed by atoms with Gasteiger partial charge in [-0.1, -0.05) is 0 Å². The van der Waals surface area contributed by atoms with E-state index in [0.717, 1.165) is 45.0 Å². The van der Waals surface area contributed by atoms with E-state index in [2.05, 4.69) is 15.6 Å². The molecule has 0 saturated carbocycles. The number of aromatic nitrogens is 1. The highest BCUT2D eigenvalue weighted by atomic mass is 16.5. The molecule has 0 unspecified atom stereocenters. The van der Waals surface area contributed by atoms with E-state index in [4.69, 9.17) is 4.74 Å². The van der Waals surface area contributed by atoms with Crippen LogP contribution >= 0.6 is 0 Å². The maximum absolute atomic E-state index is 12.0. The standard InChI is InChI=1S/C14H21N3O2/c1-2-15-13-4-3-12(10-16-13)14(18)17-9-11-5-7-19-8-6-11/h3-4,10-11H,2,5-9H2,1H3,(H,15,16)(H,17,18). The molecule has 1 aromatic rings. The number of carbonyl (C=O) groups is 1. The van der Waals surface area contributed by atoms with Gasteiger partial charge in [-0.05, 0) is 37.8 Å². The first-order chi connectivity index (χ1) is 9.29. The Morgan fingerprint density at radius 1 is 1.42 bits per heavy atom. The molecule has 1 saturated heterocycles. The molecule has 0 atom stereocenters. The monoisotopic (exact) mass is 263 g/mol. The molecule has 0 bridgehead atoms. The summed E-state index contributed by atoms with van der Waals surface area (Å²) in [6.07, 6.45) is 3.66. The van der Waals surface area contributed by atoms with Gasteiger partial charge < -0.3 is 15.4 Å². The van der Waals surface area contributed by atoms with Crippen molar-refractivity contribution >= 4 is 11.7 Å². The van der Waals surface area contributed by atoms with E-state index in [1.807, 2.05) is 13.0 Å². The predicted molar refractivity (Wildman–Crippen MR) is 74.3 cm³/mol. The first-order valence-corrected chi connectivity index (χ1v) is 6.85. The first kappa shape index (κ1) is 13.8. The van der Waals surface area contributed by atoms with Gasteiger partial charge in [-0.25, -0.2) is 4.98 Å². The molecule has 2 heterocycles. The number of carbonyl (C=O) groups excluding carboxylic acids is 1. The molecule has 0 radical (unpaired) electrons. The minimum absolute atomic E-state index is 0.0537. The van der Waals surface area contributed by atoms with Crippen LogP contribution < -0.4 is 10.6 Å². The minimum Gasteiger partial charge on any atom is -0.381 e. The maximum atomic E-state index is 12.0. The molecule has 104 valence electrons. The number of anilines is 1. The van der Waals surface area contributed by atoms with Gasteiger partial charge in [0.05, 0.1) is 5.56 Å². The summed E-state index contributed by atoms with van der Waals surface area (Å²) in [7, 11) is 0. The molecule has 1 aliphatic rings. The van der Waals surface area contributed by atoms with Crippen LogP contribution in [0.25, 0.3) is 0 Å². The molecule has 5 heteroatoms. The second kappa shape index (κ2) is 7.09. The van der Waals surface area contributed by atoms with Crippen molar-refractivity contribution in [1.82, 2.24) is 10.3 Å². The number of hydrogen-bond donors (Lipinski definition) is 2. The largest absolute Gasteiger partial charge is 0.381 e. The SMILES string of the molecule is CCNc1ccc(C(=O)NCC2CCOCC2)cn1. The smallest absolute Gasteiger partial charge is 0.252 e. The summed E-state index contributed by atoms with van der Waals surface area (Å²) < 4.78 is 5.30. The molecule has 1 amide bonds. The Kier molecular flexibility index (Phi) is 5.15. The fraction of sp³-hybridized carbons (Fsp3) is 0.571. The fourth-order valence-electron chi connectivity index (χ4n) is 2.10. The number of amides is 1. The Bertz CT molecular complexity index is 400. The summed E-state index contributed by atoms with van der Waals surface area (Å²) in [5.74, 6) is 1.28. The van der Waals surface area contributed by atoms with Gasteiger partial charge in [0, 0.05) is 32.5 Å². The molecular weight excluding hydrogens is 242 g/mol. The Hall–Kier alpha value is -1.62. The summed E-state index contributed by atoms with van der Waals surface area (Å²) in [5.41, 5.74) is 0.605. The van der Waals surface area contributed by atoms with Crippen molar-refractivity contribution in [3.05, 3.63) is 23.9 Å². The average Bonchev–Trinajstić information content (AvgIpc) is 2.47. The predicted octanol–water partition coefficient (Wildman–Crippen LogP) is 1.67. The molecule has 5 nitrogen and oxygen atoms in total. The molecule has 1 fully saturated rings. The number of nitrogens with zero attached hydrogens (tertiary/aromatic N) is 1. The van der Waals surface area contributed by atoms with E-state index in [9.17, 15) is 4.79 Å². The van der Waals surface area contributed by atoms with E-state index in [-0.39, 0.29) is 5.91 Å². The van der Waals surface area contributed by atoms with Crippen LogP contribution in [0.5, 0.6) is 0 Å². The Balaban J connectivity index is 1.81. The number of nitrogens with one attached hydrogen (secondary N) is 2. The van der Waals surface area contributed by atoms with Gasteiger partial charge in [-0.2, -0.15) is 0 Å². The Labute approximate surface area is 113 Å². The highest BCUT2D eigenvalue weighted by Crippen LogP contribution is 2.13. The summed E-state index contributed by atoms with van der Waals surface area (Å²) in [5, 5.41) is 6.07. The van der Waals surface area contributed by atoms with Crippen molar-refractivity contribution in [2.75, 3.05) is 31.6 Å². The highest BCUT2D eigenvalue weighted by molar-refractivity contribution is 5.94. The second-order valence-corrected chi connectivity index (χ2v) is 4.73. The van der Waals surface area contributed by atoms with E-state index in [1.54, 1.807) is 12.3 Å². The lowest BCUT2D eigenvalue weighted by Gasteiger charge is -2.22. The van der Waals surface area contributed by atoms with Crippen molar-refractivity contribution in [3.63, 3.8) is 0 Å². The quantitative estimate of drug-likeness (QED) is 0.848. The third kappa shape index (κ3) is 4.21. The molecule has 19 heavy (non-hydrogen) atoms. The molecule has 1 aromatic heterocycles. The number of ether oxygens (including phenoxy) is 1. The molecule has 2 N–H and O–H groups in total. The Morgan fingerprint density at radius 2 is 2.21 bits per heavy atom. The second-order valence-electron chi connectivity index (χ2n) is 4.73. The molecular formula is C14H21N3O2. The van der Waals surface area contributed by atoms with Gasteiger partial charge in [0.15, 0.2) is 0 Å². The molecule has 1 aliphatic heterocycles. The van der Waals surface area contributed by atoms with Gasteiger partial charge in [0.2, 0.25) is 0 Å². The summed E-state index contributed by atoms with van der Waals surface area (Å²) in [6, 6.07) is 3.62. The van der Waals surface area contributed by atoms with Crippen LogP contribution in [-0.2, 0) is 4.74 Å². The topological polar surface area (TPSA) is 63.2 Å². The fourth-order valence-corrected chi connectivity index (χ4v) is 2.10. The third-order valence-corrected chi connectivity index (χ3v) is 3.28. The number of rotatable bonds is 5.